The number of carbonyl (C=O) groups excluding carboxylic acids is 1. The van der Waals surface area contributed by atoms with Crippen molar-refractivity contribution in [1.29, 1.82) is 0 Å². The first-order valence-corrected chi connectivity index (χ1v) is 17.0. The molecule has 1 amide bonds. The molecule has 0 bridgehead atoms. The van der Waals surface area contributed by atoms with E-state index in [0.717, 1.165) is 25.5 Å². The number of hydrogen-bond donors (Lipinski definition) is 0. The van der Waals surface area contributed by atoms with Crippen LogP contribution in [0.5, 0.6) is 6.01 Å². The summed E-state index contributed by atoms with van der Waals surface area (Å²) >= 11 is 0. The second-order valence-corrected chi connectivity index (χ2v) is 13.2. The monoisotopic (exact) mass is 708 g/mol. The molecule has 3 saturated heterocycles. The zero-order valence-corrected chi connectivity index (χ0v) is 27.9. The number of hydrogen-bond acceptors (Lipinski definition) is 9. The number of ether oxygens (including phenoxy) is 1. The van der Waals surface area contributed by atoms with Gasteiger partial charge in [0.15, 0.2) is 17.5 Å². The molecule has 10 nitrogen and oxygen atoms in total. The van der Waals surface area contributed by atoms with Crippen molar-refractivity contribution < 1.29 is 27.1 Å². The Labute approximate surface area is 296 Å². The van der Waals surface area contributed by atoms with Crippen LogP contribution in [0.4, 0.5) is 23.4 Å². The molecule has 2 atom stereocenters. The number of aromatic nitrogens is 5. The van der Waals surface area contributed by atoms with Gasteiger partial charge in [-0.05, 0) is 37.6 Å². The molecule has 52 heavy (non-hydrogen) atoms. The molecule has 3 aromatic heterocycles. The number of benzene rings is 2. The van der Waals surface area contributed by atoms with Gasteiger partial charge in [-0.1, -0.05) is 24.1 Å². The van der Waals surface area contributed by atoms with Gasteiger partial charge < -0.3 is 14.5 Å². The highest BCUT2D eigenvalue weighted by molar-refractivity contribution is 6.02. The van der Waals surface area contributed by atoms with Crippen molar-refractivity contribution in [2.75, 3.05) is 50.8 Å². The average Bonchev–Trinajstić information content (AvgIpc) is 3.70. The van der Waals surface area contributed by atoms with Crippen molar-refractivity contribution in [2.45, 2.75) is 31.0 Å². The molecule has 5 aromatic rings. The molecule has 0 saturated carbocycles. The number of carbonyl (C=O) groups is 1. The third-order valence-electron chi connectivity index (χ3n) is 10.2. The van der Waals surface area contributed by atoms with Crippen LogP contribution in [-0.2, 0) is 4.79 Å². The van der Waals surface area contributed by atoms with Crippen molar-refractivity contribution in [3.05, 3.63) is 83.8 Å². The normalized spacial score (nSPS) is 20.8. The Hall–Kier alpha value is -5.68. The number of nitrogens with zero attached hydrogens (tertiary/aromatic N) is 8. The number of rotatable bonds is 7. The lowest BCUT2D eigenvalue weighted by Crippen LogP contribution is -2.49. The number of fused-ring (bicyclic) bond motifs is 3. The van der Waals surface area contributed by atoms with Crippen LogP contribution in [0.3, 0.4) is 0 Å². The first kappa shape index (κ1) is 33.5. The van der Waals surface area contributed by atoms with Crippen LogP contribution < -0.4 is 9.64 Å². The fourth-order valence-electron chi connectivity index (χ4n) is 7.68. The quantitative estimate of drug-likeness (QED) is 0.123. The van der Waals surface area contributed by atoms with E-state index in [1.807, 2.05) is 4.90 Å². The highest BCUT2D eigenvalue weighted by Gasteiger charge is 2.49. The van der Waals surface area contributed by atoms with E-state index in [1.165, 1.54) is 35.6 Å². The fraction of sp³-hybridized carbons (Fsp3) is 0.316. The summed E-state index contributed by atoms with van der Waals surface area (Å²) in [5.74, 6) is -0.162. The van der Waals surface area contributed by atoms with Gasteiger partial charge in [0, 0.05) is 85.7 Å². The van der Waals surface area contributed by atoms with Gasteiger partial charge >= 0.3 is 6.01 Å². The van der Waals surface area contributed by atoms with Crippen molar-refractivity contribution >= 4 is 39.5 Å². The van der Waals surface area contributed by atoms with Gasteiger partial charge in [0.25, 0.3) is 5.91 Å². The number of alkyl halides is 1. The van der Waals surface area contributed by atoms with Gasteiger partial charge in [-0.25, -0.2) is 27.5 Å². The highest BCUT2D eigenvalue weighted by atomic mass is 19.1. The summed E-state index contributed by atoms with van der Waals surface area (Å²) < 4.78 is 67.4. The Morgan fingerprint density at radius 2 is 1.83 bits per heavy atom. The Kier molecular flexibility index (Phi) is 8.66. The van der Waals surface area contributed by atoms with E-state index in [2.05, 4.69) is 30.8 Å². The predicted octanol–water partition coefficient (Wildman–Crippen LogP) is 5.51. The molecule has 0 radical (unpaired) electrons. The average molecular weight is 709 g/mol. The maximum atomic E-state index is 16.8. The largest absolute Gasteiger partial charge is 0.461 e. The van der Waals surface area contributed by atoms with E-state index in [4.69, 9.17) is 16.1 Å². The summed E-state index contributed by atoms with van der Waals surface area (Å²) in [6.45, 7) is 1.94. The van der Waals surface area contributed by atoms with Crippen LogP contribution in [-0.4, -0.2) is 98.2 Å². The Morgan fingerprint density at radius 1 is 1.02 bits per heavy atom. The van der Waals surface area contributed by atoms with Crippen molar-refractivity contribution in [2.24, 2.45) is 0 Å². The molecule has 6 heterocycles. The summed E-state index contributed by atoms with van der Waals surface area (Å²) in [5.41, 5.74) is -0.0271. The van der Waals surface area contributed by atoms with Crippen LogP contribution in [0.1, 0.15) is 30.7 Å². The van der Waals surface area contributed by atoms with E-state index < -0.39 is 35.1 Å². The van der Waals surface area contributed by atoms with Crippen LogP contribution in [0.15, 0.2) is 60.8 Å². The number of piperazine rings is 1. The molecule has 14 heteroatoms. The van der Waals surface area contributed by atoms with Crippen molar-refractivity contribution in [1.82, 2.24) is 34.7 Å². The second kappa shape index (κ2) is 13.5. The second-order valence-electron chi connectivity index (χ2n) is 13.2. The number of amides is 1. The molecule has 3 aliphatic rings. The van der Waals surface area contributed by atoms with Gasteiger partial charge in [-0.3, -0.25) is 14.7 Å². The lowest BCUT2D eigenvalue weighted by Gasteiger charge is -2.35. The lowest BCUT2D eigenvalue weighted by molar-refractivity contribution is -0.128. The molecular weight excluding hydrogens is 676 g/mol. The Morgan fingerprint density at radius 3 is 2.62 bits per heavy atom. The van der Waals surface area contributed by atoms with Gasteiger partial charge in [-0.15, -0.1) is 6.42 Å². The molecular formula is C38H32F4N8O2. The molecule has 2 aromatic carbocycles. The van der Waals surface area contributed by atoms with E-state index >= 15 is 4.39 Å². The van der Waals surface area contributed by atoms with E-state index in [0.29, 0.717) is 29.7 Å². The van der Waals surface area contributed by atoms with Crippen LogP contribution in [0, 0.1) is 24.0 Å². The summed E-state index contributed by atoms with van der Waals surface area (Å²) in [5, 5.41) is 0.833. The van der Waals surface area contributed by atoms with Crippen LogP contribution in [0.25, 0.3) is 39.0 Å². The maximum Gasteiger partial charge on any atom is 0.319 e. The molecule has 1 unspecified atom stereocenters. The third kappa shape index (κ3) is 5.94. The molecule has 3 fully saturated rings. The molecule has 264 valence electrons. The Balaban J connectivity index is 1.16. The summed E-state index contributed by atoms with van der Waals surface area (Å²) in [6.07, 6.45) is 12.1. The smallest absolute Gasteiger partial charge is 0.319 e. The molecule has 3 aliphatic heterocycles. The van der Waals surface area contributed by atoms with E-state index in [1.54, 1.807) is 24.3 Å². The molecule has 8 rings (SSSR count). The fourth-order valence-corrected chi connectivity index (χ4v) is 7.68. The number of pyridine rings is 1. The number of anilines is 1. The SMILES string of the molecule is C#Cc1ccc(F)c2cccc(-c3ncc4c(N5CCN(C(=O)/C(F)=C/c6ncccn6)CC5)nc(OC[C@@]56CCCN5CC(F)C6)nc4c3F)c12. The molecule has 0 N–H and O–H groups in total. The molecule has 0 spiro atoms. The highest BCUT2D eigenvalue weighted by Crippen LogP contribution is 2.41. The van der Waals surface area contributed by atoms with Gasteiger partial charge in [0.1, 0.15) is 35.6 Å². The first-order chi connectivity index (χ1) is 25.2. The van der Waals surface area contributed by atoms with Crippen molar-refractivity contribution in [3.63, 3.8) is 0 Å². The van der Waals surface area contributed by atoms with E-state index in [9.17, 15) is 18.0 Å². The zero-order chi connectivity index (χ0) is 36.0. The lowest BCUT2D eigenvalue weighted by atomic mass is 9.95. The Bertz CT molecular complexity index is 2280. The first-order valence-electron chi connectivity index (χ1n) is 17.0. The maximum absolute atomic E-state index is 16.8. The summed E-state index contributed by atoms with van der Waals surface area (Å²) in [4.78, 5) is 39.8. The zero-order valence-electron chi connectivity index (χ0n) is 27.9. The van der Waals surface area contributed by atoms with Crippen LogP contribution >= 0.6 is 0 Å². The molecule has 0 aliphatic carbocycles. The minimum atomic E-state index is -0.995. The van der Waals surface area contributed by atoms with Crippen LogP contribution in [0.2, 0.25) is 0 Å². The standard InChI is InChI=1S/C38H32F4N8O2/c1-2-23-8-9-28(40)25-6-3-7-26(31(23)25)33-32(42)34-27(20-45-33)35(47-37(46-34)52-22-38-10-4-13-50(38)21-24(39)19-38)48-14-16-49(17-15-48)36(51)29(41)18-30-43-11-5-12-44-30/h1,3,5-9,11-12,18,20,24H,4,10,13-17,19,21-22H2/b29-18-/t24?,38-/m0/s1. The number of terminal acetylenes is 1. The minimum Gasteiger partial charge on any atom is -0.461 e. The summed E-state index contributed by atoms with van der Waals surface area (Å²) in [6, 6.07) is 9.00. The minimum absolute atomic E-state index is 0.0740. The van der Waals surface area contributed by atoms with Gasteiger partial charge in [-0.2, -0.15) is 9.97 Å². The summed E-state index contributed by atoms with van der Waals surface area (Å²) in [7, 11) is 0. The van der Waals surface area contributed by atoms with E-state index in [-0.39, 0.29) is 72.2 Å². The van der Waals surface area contributed by atoms with Crippen molar-refractivity contribution in [3.8, 4) is 29.6 Å². The number of halogens is 4. The predicted molar refractivity (Wildman–Crippen MR) is 187 cm³/mol. The van der Waals surface area contributed by atoms with Gasteiger partial charge in [0.2, 0.25) is 0 Å². The third-order valence-corrected chi connectivity index (χ3v) is 10.2. The van der Waals surface area contributed by atoms with Gasteiger partial charge in [0.05, 0.1) is 10.9 Å². The topological polar surface area (TPSA) is 100 Å².